The van der Waals surface area contributed by atoms with Crippen LogP contribution in [0.2, 0.25) is 0 Å². The van der Waals surface area contributed by atoms with Crippen LogP contribution in [0.5, 0.6) is 11.5 Å². The molecule has 0 N–H and O–H groups in total. The van der Waals surface area contributed by atoms with Crippen molar-refractivity contribution >= 4 is 0 Å². The fraction of sp³-hybridized carbons (Fsp3) is 0.107. The quantitative estimate of drug-likeness (QED) is 0.142. The van der Waals surface area contributed by atoms with E-state index in [1.807, 2.05) is 5.92 Å². The molecule has 4 aromatic rings. The molecule has 4 rings (SSSR count). The zero-order chi connectivity index (χ0) is 28.3. The third-order valence-electron chi connectivity index (χ3n) is 5.20. The van der Waals surface area contributed by atoms with Crippen molar-refractivity contribution in [3.05, 3.63) is 112 Å². The molecular formula is C28H15F8NO2. The first-order chi connectivity index (χ1) is 18.5. The van der Waals surface area contributed by atoms with Crippen LogP contribution in [0, 0.1) is 46.7 Å². The van der Waals surface area contributed by atoms with Crippen LogP contribution in [0.1, 0.15) is 23.6 Å². The second-order valence-electron chi connectivity index (χ2n) is 7.89. The molecule has 0 fully saturated rings. The van der Waals surface area contributed by atoms with Crippen molar-refractivity contribution in [1.82, 2.24) is 4.98 Å². The Morgan fingerprint density at radius 1 is 0.744 bits per heavy atom. The Balaban J connectivity index is 1.56. The zero-order valence-corrected chi connectivity index (χ0v) is 19.8. The minimum atomic E-state index is -4.34. The molecule has 0 saturated heterocycles. The molecule has 0 spiro atoms. The van der Waals surface area contributed by atoms with Gasteiger partial charge in [0.2, 0.25) is 0 Å². The number of aromatic nitrogens is 1. The number of benzene rings is 3. The monoisotopic (exact) mass is 549 g/mol. The third-order valence-corrected chi connectivity index (χ3v) is 5.20. The molecule has 0 amide bonds. The van der Waals surface area contributed by atoms with Crippen molar-refractivity contribution in [3.8, 4) is 34.6 Å². The first kappa shape index (κ1) is 27.4. The number of pyridine rings is 1. The smallest absolute Gasteiger partial charge is 0.429 e. The molecule has 1 aromatic heterocycles. The summed E-state index contributed by atoms with van der Waals surface area (Å²) in [5.74, 6) is -5.66. The van der Waals surface area contributed by atoms with Crippen molar-refractivity contribution in [1.29, 1.82) is 0 Å². The van der Waals surface area contributed by atoms with Gasteiger partial charge in [-0.2, -0.15) is 8.78 Å². The first-order valence-corrected chi connectivity index (χ1v) is 11.1. The van der Waals surface area contributed by atoms with Gasteiger partial charge >= 0.3 is 6.11 Å². The molecule has 11 heteroatoms. The van der Waals surface area contributed by atoms with Crippen LogP contribution in [0.3, 0.4) is 0 Å². The average Bonchev–Trinajstić information content (AvgIpc) is 2.87. The fourth-order valence-corrected chi connectivity index (χ4v) is 3.41. The van der Waals surface area contributed by atoms with Crippen LogP contribution in [0.25, 0.3) is 11.3 Å². The number of ether oxygens (including phenoxy) is 2. The van der Waals surface area contributed by atoms with Crippen LogP contribution < -0.4 is 9.47 Å². The van der Waals surface area contributed by atoms with E-state index >= 15 is 0 Å². The third kappa shape index (κ3) is 6.12. The maximum absolute atomic E-state index is 14.7. The lowest BCUT2D eigenvalue weighted by molar-refractivity contribution is -0.187. The molecule has 0 aliphatic heterocycles. The Kier molecular flexibility index (Phi) is 7.76. The number of hydrogen-bond donors (Lipinski definition) is 0. The number of halogens is 8. The lowest BCUT2D eigenvalue weighted by atomic mass is 10.1. The van der Waals surface area contributed by atoms with Crippen LogP contribution in [0.4, 0.5) is 35.1 Å². The molecule has 39 heavy (non-hydrogen) atoms. The van der Waals surface area contributed by atoms with Gasteiger partial charge in [-0.1, -0.05) is 17.9 Å². The average molecular weight is 549 g/mol. The highest BCUT2D eigenvalue weighted by atomic mass is 19.3. The molecule has 0 unspecified atom stereocenters. The molecule has 200 valence electrons. The Morgan fingerprint density at radius 2 is 1.41 bits per heavy atom. The summed E-state index contributed by atoms with van der Waals surface area (Å²) in [7, 11) is 0. The van der Waals surface area contributed by atoms with E-state index in [-0.39, 0.29) is 11.3 Å². The van der Waals surface area contributed by atoms with Crippen LogP contribution >= 0.6 is 0 Å². The maximum atomic E-state index is 14.7. The van der Waals surface area contributed by atoms with Gasteiger partial charge in [0.05, 0.1) is 29.6 Å². The molecular weight excluding hydrogens is 534 g/mol. The Hall–Kier alpha value is -4.59. The summed E-state index contributed by atoms with van der Waals surface area (Å²) in [6.07, 6.45) is -2.96. The molecule has 0 saturated carbocycles. The van der Waals surface area contributed by atoms with Crippen LogP contribution in [-0.2, 0) is 6.11 Å². The lowest BCUT2D eigenvalue weighted by Gasteiger charge is -2.19. The summed E-state index contributed by atoms with van der Waals surface area (Å²) in [4.78, 5) is 4.08. The molecule has 0 aliphatic carbocycles. The van der Waals surface area contributed by atoms with E-state index in [4.69, 9.17) is 4.74 Å². The van der Waals surface area contributed by atoms with Gasteiger partial charge in [-0.05, 0) is 43.3 Å². The summed E-state index contributed by atoms with van der Waals surface area (Å²) >= 11 is 0. The highest BCUT2D eigenvalue weighted by Crippen LogP contribution is 2.35. The Morgan fingerprint density at radius 3 is 1.97 bits per heavy atom. The molecule has 0 radical (unpaired) electrons. The number of alkyl halides is 2. The van der Waals surface area contributed by atoms with E-state index in [1.165, 1.54) is 18.3 Å². The van der Waals surface area contributed by atoms with Crippen molar-refractivity contribution in [2.45, 2.75) is 13.0 Å². The van der Waals surface area contributed by atoms with Gasteiger partial charge in [0.25, 0.3) is 0 Å². The van der Waals surface area contributed by atoms with Gasteiger partial charge in [0.15, 0.2) is 17.5 Å². The van der Waals surface area contributed by atoms with Gasteiger partial charge in [-0.25, -0.2) is 26.3 Å². The van der Waals surface area contributed by atoms with Crippen molar-refractivity contribution in [3.63, 3.8) is 0 Å². The van der Waals surface area contributed by atoms with Crippen molar-refractivity contribution in [2.75, 3.05) is 6.61 Å². The Bertz CT molecular complexity index is 1550. The normalized spacial score (nSPS) is 11.1. The number of nitrogens with zero attached hydrogens (tertiary/aromatic N) is 1. The van der Waals surface area contributed by atoms with Gasteiger partial charge in [-0.15, -0.1) is 0 Å². The number of rotatable bonds is 6. The second kappa shape index (κ2) is 11.0. The van der Waals surface area contributed by atoms with Gasteiger partial charge in [0, 0.05) is 23.3 Å². The molecule has 1 heterocycles. The molecule has 0 aliphatic rings. The van der Waals surface area contributed by atoms with Crippen molar-refractivity contribution in [2.24, 2.45) is 0 Å². The van der Waals surface area contributed by atoms with Gasteiger partial charge < -0.3 is 9.47 Å². The Labute approximate surface area is 216 Å². The van der Waals surface area contributed by atoms with E-state index in [0.717, 1.165) is 12.1 Å². The van der Waals surface area contributed by atoms with E-state index < -0.39 is 63.5 Å². The molecule has 3 nitrogen and oxygen atoms in total. The van der Waals surface area contributed by atoms with Gasteiger partial charge in [-0.3, -0.25) is 4.98 Å². The van der Waals surface area contributed by atoms with Crippen LogP contribution in [-0.4, -0.2) is 11.6 Å². The highest BCUT2D eigenvalue weighted by molar-refractivity contribution is 5.60. The minimum Gasteiger partial charge on any atom is -0.492 e. The lowest BCUT2D eigenvalue weighted by Crippen LogP contribution is -2.23. The maximum Gasteiger partial charge on any atom is 0.429 e. The minimum absolute atomic E-state index is 0.177. The molecule has 3 aromatic carbocycles. The highest BCUT2D eigenvalue weighted by Gasteiger charge is 2.38. The predicted octanol–water partition coefficient (Wildman–Crippen LogP) is 7.51. The molecule has 0 atom stereocenters. The van der Waals surface area contributed by atoms with E-state index in [0.29, 0.717) is 36.6 Å². The first-order valence-electron chi connectivity index (χ1n) is 11.1. The zero-order valence-electron chi connectivity index (χ0n) is 19.8. The van der Waals surface area contributed by atoms with E-state index in [9.17, 15) is 35.1 Å². The summed E-state index contributed by atoms with van der Waals surface area (Å²) in [5.41, 5.74) is -2.12. The SMILES string of the molecule is CCOc1ccc(-c2ccc(C(F)(F)Oc3cc(F)c(C#Cc4cc(F)c(F)c(F)c4)c(F)c3)c(F)c2)nc1. The largest absolute Gasteiger partial charge is 0.492 e. The van der Waals surface area contributed by atoms with Crippen LogP contribution in [0.15, 0.2) is 60.8 Å². The summed E-state index contributed by atoms with van der Waals surface area (Å²) in [6.45, 7) is 2.18. The van der Waals surface area contributed by atoms with E-state index in [2.05, 4.69) is 15.6 Å². The number of hydrogen-bond acceptors (Lipinski definition) is 3. The summed E-state index contributed by atoms with van der Waals surface area (Å²) in [5, 5.41) is 0. The summed E-state index contributed by atoms with van der Waals surface area (Å²) < 4.78 is 122. The second-order valence-corrected chi connectivity index (χ2v) is 7.89. The topological polar surface area (TPSA) is 31.4 Å². The van der Waals surface area contributed by atoms with Crippen molar-refractivity contribution < 1.29 is 44.6 Å². The predicted molar refractivity (Wildman–Crippen MR) is 124 cm³/mol. The fourth-order valence-electron chi connectivity index (χ4n) is 3.41. The van der Waals surface area contributed by atoms with Gasteiger partial charge in [0.1, 0.15) is 29.0 Å². The summed E-state index contributed by atoms with van der Waals surface area (Å²) in [6, 6.07) is 7.56. The standard InChI is InChI=1S/C28H15F8NO2/c1-2-38-17-5-8-26(37-14-17)16-4-7-20(23(31)11-16)28(35,36)39-18-12-21(29)19(22(30)13-18)6-3-15-9-24(32)27(34)25(33)10-15/h4-5,7-14H,2H2,1H3. The van der Waals surface area contributed by atoms with E-state index in [1.54, 1.807) is 13.0 Å². The molecule has 0 bridgehead atoms.